The van der Waals surface area contributed by atoms with Crippen LogP contribution in [-0.4, -0.2) is 31.2 Å². The standard InChI is InChI=1S/C25H25FN6O4/c1-11-4-12-14(7-31(29)9-20(27)25(28)2-3-25)15-8-32-19(21(15)30-18(12)6-17(11)26)5-13-16(23(32)34)10-36-24(35)22(13)33/h4-6,9,22,33H,2-3,7-8,10,27-29H2,1H3/b20-9-. The average Bonchev–Trinajstić information content (AvgIpc) is 3.48. The lowest BCUT2D eigenvalue weighted by molar-refractivity contribution is -0.157. The van der Waals surface area contributed by atoms with Crippen LogP contribution in [0.5, 0.6) is 0 Å². The first-order valence-corrected chi connectivity index (χ1v) is 11.6. The second-order valence-corrected chi connectivity index (χ2v) is 9.81. The number of ether oxygens (including phenoxy) is 1. The topological polar surface area (TPSA) is 163 Å². The van der Waals surface area contributed by atoms with Crippen molar-refractivity contribution in [2.75, 3.05) is 0 Å². The van der Waals surface area contributed by atoms with Gasteiger partial charge in [0.1, 0.15) is 12.4 Å². The Balaban J connectivity index is 1.54. The molecule has 0 amide bonds. The summed E-state index contributed by atoms with van der Waals surface area (Å²) in [6.45, 7) is 1.86. The number of carbonyl (C=O) groups is 1. The second kappa shape index (κ2) is 7.60. The van der Waals surface area contributed by atoms with Gasteiger partial charge in [-0.2, -0.15) is 0 Å². The third-order valence-electron chi connectivity index (χ3n) is 7.36. The van der Waals surface area contributed by atoms with Crippen molar-refractivity contribution in [2.45, 2.75) is 51.1 Å². The maximum Gasteiger partial charge on any atom is 0.340 e. The molecule has 1 aliphatic carbocycles. The van der Waals surface area contributed by atoms with Gasteiger partial charge in [0.05, 0.1) is 41.1 Å². The molecule has 4 heterocycles. The number of rotatable bonds is 4. The van der Waals surface area contributed by atoms with Crippen molar-refractivity contribution < 1.29 is 19.0 Å². The highest BCUT2D eigenvalue weighted by Crippen LogP contribution is 2.39. The second-order valence-electron chi connectivity index (χ2n) is 9.81. The summed E-state index contributed by atoms with van der Waals surface area (Å²) in [6.07, 6.45) is 1.62. The fourth-order valence-corrected chi connectivity index (χ4v) is 4.98. The predicted molar refractivity (Wildman–Crippen MR) is 128 cm³/mol. The molecule has 6 rings (SSSR count). The zero-order valence-electron chi connectivity index (χ0n) is 19.5. The number of aromatic nitrogens is 2. The molecule has 1 saturated carbocycles. The van der Waals surface area contributed by atoms with Gasteiger partial charge in [-0.3, -0.25) is 4.79 Å². The van der Waals surface area contributed by atoms with Crippen LogP contribution in [0.3, 0.4) is 0 Å². The maximum atomic E-state index is 14.5. The van der Waals surface area contributed by atoms with Gasteiger partial charge < -0.3 is 30.9 Å². The number of nitrogens with zero attached hydrogens (tertiary/aromatic N) is 3. The molecule has 10 nitrogen and oxygen atoms in total. The average molecular weight is 493 g/mol. The van der Waals surface area contributed by atoms with Crippen LogP contribution in [-0.2, 0) is 29.2 Å². The molecule has 1 fully saturated rings. The van der Waals surface area contributed by atoms with Crippen molar-refractivity contribution in [3.63, 3.8) is 0 Å². The van der Waals surface area contributed by atoms with E-state index in [4.69, 9.17) is 27.0 Å². The van der Waals surface area contributed by atoms with Crippen molar-refractivity contribution >= 4 is 16.9 Å². The van der Waals surface area contributed by atoms with Gasteiger partial charge in [0, 0.05) is 34.5 Å². The number of nitrogens with two attached hydrogens (primary N) is 3. The quantitative estimate of drug-likeness (QED) is 0.184. The zero-order valence-corrected chi connectivity index (χ0v) is 19.5. The van der Waals surface area contributed by atoms with Gasteiger partial charge in [-0.05, 0) is 43.0 Å². The van der Waals surface area contributed by atoms with E-state index in [1.54, 1.807) is 25.3 Å². The van der Waals surface area contributed by atoms with Crippen LogP contribution < -0.4 is 22.9 Å². The number of fused-ring (bicyclic) bond motifs is 5. The van der Waals surface area contributed by atoms with Crippen molar-refractivity contribution in [1.29, 1.82) is 0 Å². The third kappa shape index (κ3) is 3.31. The lowest BCUT2D eigenvalue weighted by atomic mass is 9.97. The Morgan fingerprint density at radius 1 is 1.33 bits per heavy atom. The van der Waals surface area contributed by atoms with Crippen molar-refractivity contribution in [2.24, 2.45) is 17.3 Å². The Morgan fingerprint density at radius 2 is 2.08 bits per heavy atom. The van der Waals surface area contributed by atoms with Crippen LogP contribution in [0.25, 0.3) is 22.3 Å². The van der Waals surface area contributed by atoms with Crippen molar-refractivity contribution in [1.82, 2.24) is 14.6 Å². The fraction of sp³-hybridized carbons (Fsp3) is 0.320. The number of cyclic esters (lactones) is 1. The van der Waals surface area contributed by atoms with E-state index in [0.717, 1.165) is 24.0 Å². The molecule has 1 unspecified atom stereocenters. The van der Waals surface area contributed by atoms with Crippen LogP contribution in [0.4, 0.5) is 4.39 Å². The molecule has 0 radical (unpaired) electrons. The number of aryl methyl sites for hydroxylation is 1. The van der Waals surface area contributed by atoms with E-state index in [1.807, 2.05) is 0 Å². The molecule has 3 aliphatic rings. The van der Waals surface area contributed by atoms with Crippen LogP contribution in [0, 0.1) is 12.7 Å². The number of aliphatic hydroxyl groups excluding tert-OH is 1. The molecule has 0 spiro atoms. The van der Waals surface area contributed by atoms with Gasteiger partial charge in [0.25, 0.3) is 5.56 Å². The minimum atomic E-state index is -1.56. The van der Waals surface area contributed by atoms with Crippen LogP contribution >= 0.6 is 0 Å². The Labute approximate surface area is 204 Å². The molecule has 1 aromatic carbocycles. The highest BCUT2D eigenvalue weighted by Gasteiger charge is 2.41. The first-order valence-electron chi connectivity index (χ1n) is 11.6. The third-order valence-corrected chi connectivity index (χ3v) is 7.36. The van der Waals surface area contributed by atoms with E-state index in [9.17, 15) is 19.1 Å². The number of hydrazine groups is 1. The summed E-state index contributed by atoms with van der Waals surface area (Å²) >= 11 is 0. The number of carbonyl (C=O) groups excluding carboxylic acids is 1. The first kappa shape index (κ1) is 22.7. The highest BCUT2D eigenvalue weighted by molar-refractivity contribution is 5.89. The summed E-state index contributed by atoms with van der Waals surface area (Å²) in [5, 5.41) is 12.5. The SMILES string of the molecule is Cc1cc2c(CN(N)/C=C(\N)C3(N)CC3)c3c(nc2cc1F)-c1cc2c(c(=O)n1C3)COC(=O)C2O. The number of halogens is 1. The molecule has 2 aromatic heterocycles. The molecule has 1 atom stereocenters. The number of benzene rings is 1. The van der Waals surface area contributed by atoms with Gasteiger partial charge in [0.15, 0.2) is 6.10 Å². The summed E-state index contributed by atoms with van der Waals surface area (Å²) in [5.41, 5.74) is 15.6. The summed E-state index contributed by atoms with van der Waals surface area (Å²) in [7, 11) is 0. The van der Waals surface area contributed by atoms with Gasteiger partial charge in [0.2, 0.25) is 0 Å². The van der Waals surface area contributed by atoms with Crippen LogP contribution in [0.1, 0.15) is 46.8 Å². The lowest BCUT2D eigenvalue weighted by Crippen LogP contribution is -2.34. The number of esters is 1. The van der Waals surface area contributed by atoms with Gasteiger partial charge in [-0.15, -0.1) is 0 Å². The Hall–Kier alpha value is -3.80. The maximum absolute atomic E-state index is 14.5. The number of aliphatic hydroxyl groups is 1. The lowest BCUT2D eigenvalue weighted by Gasteiger charge is -2.21. The first-order chi connectivity index (χ1) is 17.1. The van der Waals surface area contributed by atoms with E-state index in [1.165, 1.54) is 15.6 Å². The molecular formula is C25H25FN6O4. The minimum Gasteiger partial charge on any atom is -0.458 e. The van der Waals surface area contributed by atoms with Gasteiger partial charge in [-0.25, -0.2) is 20.0 Å². The Kier molecular flexibility index (Phi) is 4.78. The highest BCUT2D eigenvalue weighted by atomic mass is 19.1. The zero-order chi connectivity index (χ0) is 25.5. The molecule has 0 bridgehead atoms. The summed E-state index contributed by atoms with van der Waals surface area (Å²) < 4.78 is 21.0. The molecular weight excluding hydrogens is 467 g/mol. The molecule has 36 heavy (non-hydrogen) atoms. The van der Waals surface area contributed by atoms with E-state index in [-0.39, 0.29) is 36.4 Å². The molecule has 186 valence electrons. The summed E-state index contributed by atoms with van der Waals surface area (Å²) in [5.74, 6) is 5.10. The Morgan fingerprint density at radius 3 is 2.81 bits per heavy atom. The number of hydrogen-bond donors (Lipinski definition) is 4. The normalized spacial score (nSPS) is 19.5. The summed E-state index contributed by atoms with van der Waals surface area (Å²) in [4.78, 5) is 29.9. The van der Waals surface area contributed by atoms with Gasteiger partial charge in [-0.1, -0.05) is 0 Å². The van der Waals surface area contributed by atoms with Gasteiger partial charge >= 0.3 is 5.97 Å². The molecule has 2 aliphatic heterocycles. The fourth-order valence-electron chi connectivity index (χ4n) is 4.98. The van der Waals surface area contributed by atoms with Crippen LogP contribution in [0.2, 0.25) is 0 Å². The minimum absolute atomic E-state index is 0.197. The molecule has 11 heteroatoms. The molecule has 3 aromatic rings. The van der Waals surface area contributed by atoms with Crippen molar-refractivity contribution in [3.8, 4) is 11.4 Å². The molecule has 7 N–H and O–H groups in total. The van der Waals surface area contributed by atoms with E-state index in [0.29, 0.717) is 33.6 Å². The van der Waals surface area contributed by atoms with E-state index < -0.39 is 23.4 Å². The van der Waals surface area contributed by atoms with E-state index >= 15 is 0 Å². The van der Waals surface area contributed by atoms with Crippen molar-refractivity contribution in [3.05, 3.63) is 74.1 Å². The molecule has 0 saturated heterocycles. The smallest absolute Gasteiger partial charge is 0.340 e. The predicted octanol–water partition coefficient (Wildman–Crippen LogP) is 0.930. The number of pyridine rings is 2. The van der Waals surface area contributed by atoms with E-state index in [2.05, 4.69) is 0 Å². The Bertz CT molecular complexity index is 1580. The summed E-state index contributed by atoms with van der Waals surface area (Å²) in [6, 6.07) is 4.65. The monoisotopic (exact) mass is 492 g/mol. The largest absolute Gasteiger partial charge is 0.458 e. The van der Waals surface area contributed by atoms with Crippen LogP contribution in [0.15, 0.2) is 34.9 Å². The number of hydrogen-bond acceptors (Lipinski definition) is 9.